The van der Waals surface area contributed by atoms with Crippen LogP contribution >= 0.6 is 0 Å². The summed E-state index contributed by atoms with van der Waals surface area (Å²) in [5, 5.41) is 0.980. The van der Waals surface area contributed by atoms with Crippen molar-refractivity contribution >= 4 is 27.6 Å². The van der Waals surface area contributed by atoms with Crippen molar-refractivity contribution in [3.05, 3.63) is 58.9 Å². The van der Waals surface area contributed by atoms with Crippen molar-refractivity contribution in [1.82, 2.24) is 19.5 Å². The van der Waals surface area contributed by atoms with Gasteiger partial charge in [-0.2, -0.15) is 0 Å². The van der Waals surface area contributed by atoms with Gasteiger partial charge in [0, 0.05) is 37.3 Å². The van der Waals surface area contributed by atoms with Gasteiger partial charge in [0.25, 0.3) is 5.56 Å². The summed E-state index contributed by atoms with van der Waals surface area (Å²) in [6.45, 7) is 4.71. The summed E-state index contributed by atoms with van der Waals surface area (Å²) >= 11 is 0. The molecule has 8 heteroatoms. The number of aromatic amines is 1. The largest absolute Gasteiger partial charge is 0.378 e. The Morgan fingerprint density at radius 1 is 1.12 bits per heavy atom. The highest BCUT2D eigenvalue weighted by Gasteiger charge is 2.16. The first-order valence-electron chi connectivity index (χ1n) is 11.0. The summed E-state index contributed by atoms with van der Waals surface area (Å²) in [4.78, 5) is 26.0. The Bertz CT molecular complexity index is 1300. The predicted octanol–water partition coefficient (Wildman–Crippen LogP) is 2.49. The molecule has 0 aliphatic carbocycles. The molecule has 0 radical (unpaired) electrons. The topological polar surface area (TPSA) is 78.4 Å². The minimum atomic E-state index is -0.116. The Morgan fingerprint density at radius 3 is 2.75 bits per heavy atom. The minimum Gasteiger partial charge on any atom is -0.378 e. The average molecular weight is 433 g/mol. The lowest BCUT2D eigenvalue weighted by atomic mass is 10.1. The summed E-state index contributed by atoms with van der Waals surface area (Å²) in [5.74, 6) is 0.582. The number of hydrogen-bond donors (Lipinski definition) is 2. The summed E-state index contributed by atoms with van der Waals surface area (Å²) in [7, 11) is 4.02. The molecule has 0 saturated carbocycles. The first-order chi connectivity index (χ1) is 15.6. The van der Waals surface area contributed by atoms with Gasteiger partial charge in [-0.05, 0) is 44.4 Å². The number of hydrogen-bond acceptors (Lipinski definition) is 6. The van der Waals surface area contributed by atoms with E-state index in [4.69, 9.17) is 9.72 Å². The maximum Gasteiger partial charge on any atom is 0.280 e. The summed E-state index contributed by atoms with van der Waals surface area (Å²) in [5.41, 5.74) is 7.47. The van der Waals surface area contributed by atoms with E-state index in [9.17, 15) is 4.79 Å². The van der Waals surface area contributed by atoms with E-state index < -0.39 is 0 Å². The van der Waals surface area contributed by atoms with Gasteiger partial charge >= 0.3 is 0 Å². The van der Waals surface area contributed by atoms with Gasteiger partial charge in [-0.15, -0.1) is 0 Å². The van der Waals surface area contributed by atoms with E-state index in [0.29, 0.717) is 17.9 Å². The number of likely N-dealkylation sites (N-methyl/N-ethyl adjacent to an activating group) is 1. The van der Waals surface area contributed by atoms with E-state index >= 15 is 0 Å². The van der Waals surface area contributed by atoms with Crippen molar-refractivity contribution in [3.63, 3.8) is 0 Å². The molecule has 8 nitrogen and oxygen atoms in total. The van der Waals surface area contributed by atoms with Crippen molar-refractivity contribution in [3.8, 4) is 11.4 Å². The number of ether oxygens (including phenoxy) is 1. The van der Waals surface area contributed by atoms with E-state index in [1.165, 1.54) is 0 Å². The number of nitrogens with one attached hydrogen (secondary N) is 2. The van der Waals surface area contributed by atoms with E-state index in [0.717, 1.165) is 60.5 Å². The highest BCUT2D eigenvalue weighted by atomic mass is 16.5. The molecule has 5 rings (SSSR count). The molecule has 0 unspecified atom stereocenters. The fraction of sp³-hybridized carbons (Fsp3) is 0.333. The van der Waals surface area contributed by atoms with Crippen LogP contribution in [-0.4, -0.2) is 73.0 Å². The third-order valence-corrected chi connectivity index (χ3v) is 5.84. The van der Waals surface area contributed by atoms with Crippen LogP contribution in [0.3, 0.4) is 0 Å². The maximum atomic E-state index is 13.5. The lowest BCUT2D eigenvalue weighted by molar-refractivity contribution is 0.122. The number of anilines is 1. The molecule has 2 aromatic carbocycles. The van der Waals surface area contributed by atoms with Gasteiger partial charge in [0.05, 0.1) is 35.3 Å². The SMILES string of the molecule is CN(C)CCNn1c(=O)c(-c2nc3ccc(N4CCOCC4)cc3[nH]2)cc2ccccc21. The molecular weight excluding hydrogens is 404 g/mol. The molecule has 1 aliphatic rings. The first-order valence-corrected chi connectivity index (χ1v) is 11.0. The average Bonchev–Trinajstić information content (AvgIpc) is 3.24. The van der Waals surface area contributed by atoms with Crippen molar-refractivity contribution in [2.45, 2.75) is 0 Å². The maximum absolute atomic E-state index is 13.5. The Kier molecular flexibility index (Phi) is 5.55. The fourth-order valence-electron chi connectivity index (χ4n) is 4.12. The smallest absolute Gasteiger partial charge is 0.280 e. The molecular formula is C24H28N6O2. The van der Waals surface area contributed by atoms with Crippen LogP contribution < -0.4 is 15.9 Å². The lowest BCUT2D eigenvalue weighted by Gasteiger charge is -2.28. The number of pyridine rings is 1. The second-order valence-corrected chi connectivity index (χ2v) is 8.36. The predicted molar refractivity (Wildman–Crippen MR) is 129 cm³/mol. The molecule has 1 saturated heterocycles. The number of nitrogens with zero attached hydrogens (tertiary/aromatic N) is 4. The number of rotatable bonds is 6. The van der Waals surface area contributed by atoms with E-state index in [-0.39, 0.29) is 5.56 Å². The van der Waals surface area contributed by atoms with Crippen molar-refractivity contribution in [1.29, 1.82) is 0 Å². The second-order valence-electron chi connectivity index (χ2n) is 8.36. The molecule has 0 atom stereocenters. The number of benzene rings is 2. The number of H-pyrrole nitrogens is 1. The molecule has 0 amide bonds. The van der Waals surface area contributed by atoms with Gasteiger partial charge in [0.1, 0.15) is 5.82 Å². The number of imidazole rings is 1. The second kappa shape index (κ2) is 8.64. The van der Waals surface area contributed by atoms with Gasteiger partial charge in [0.15, 0.2) is 0 Å². The Morgan fingerprint density at radius 2 is 1.94 bits per heavy atom. The number of fused-ring (bicyclic) bond motifs is 2. The highest BCUT2D eigenvalue weighted by Crippen LogP contribution is 2.25. The van der Waals surface area contributed by atoms with Crippen LogP contribution in [0.4, 0.5) is 5.69 Å². The van der Waals surface area contributed by atoms with Crippen LogP contribution in [-0.2, 0) is 4.74 Å². The quantitative estimate of drug-likeness (QED) is 0.487. The molecule has 2 aromatic heterocycles. The Labute approximate surface area is 186 Å². The molecule has 0 bridgehead atoms. The number of morpholine rings is 1. The zero-order valence-electron chi connectivity index (χ0n) is 18.5. The van der Waals surface area contributed by atoms with Gasteiger partial charge in [-0.25, -0.2) is 9.66 Å². The van der Waals surface area contributed by atoms with Gasteiger partial charge in [0.2, 0.25) is 0 Å². The van der Waals surface area contributed by atoms with Gasteiger partial charge in [-0.1, -0.05) is 18.2 Å². The molecule has 1 fully saturated rings. The van der Waals surface area contributed by atoms with E-state index in [2.05, 4.69) is 32.3 Å². The van der Waals surface area contributed by atoms with Crippen LogP contribution in [0.1, 0.15) is 0 Å². The number of para-hydroxylation sites is 1. The van der Waals surface area contributed by atoms with Crippen molar-refractivity contribution in [2.24, 2.45) is 0 Å². The molecule has 0 spiro atoms. The van der Waals surface area contributed by atoms with Crippen LogP contribution in [0, 0.1) is 0 Å². The molecule has 1 aliphatic heterocycles. The highest BCUT2D eigenvalue weighted by molar-refractivity contribution is 5.86. The van der Waals surface area contributed by atoms with Crippen LogP contribution in [0.2, 0.25) is 0 Å². The van der Waals surface area contributed by atoms with Gasteiger partial charge < -0.3 is 24.9 Å². The zero-order chi connectivity index (χ0) is 22.1. The number of aromatic nitrogens is 3. The molecule has 4 aromatic rings. The first kappa shape index (κ1) is 20.5. The Hall–Kier alpha value is -3.36. The van der Waals surface area contributed by atoms with Crippen molar-refractivity contribution in [2.75, 3.05) is 63.8 Å². The zero-order valence-corrected chi connectivity index (χ0v) is 18.5. The van der Waals surface area contributed by atoms with Crippen LogP contribution in [0.15, 0.2) is 53.3 Å². The van der Waals surface area contributed by atoms with E-state index in [1.807, 2.05) is 50.5 Å². The molecule has 2 N–H and O–H groups in total. The summed E-state index contributed by atoms with van der Waals surface area (Å²) in [6, 6.07) is 16.0. The summed E-state index contributed by atoms with van der Waals surface area (Å²) in [6.07, 6.45) is 0. The van der Waals surface area contributed by atoms with Crippen LogP contribution in [0.5, 0.6) is 0 Å². The van der Waals surface area contributed by atoms with E-state index in [1.54, 1.807) is 4.68 Å². The molecule has 166 valence electrons. The monoisotopic (exact) mass is 432 g/mol. The summed E-state index contributed by atoms with van der Waals surface area (Å²) < 4.78 is 7.10. The van der Waals surface area contributed by atoms with Crippen molar-refractivity contribution < 1.29 is 4.74 Å². The van der Waals surface area contributed by atoms with Gasteiger partial charge in [-0.3, -0.25) is 4.79 Å². The third-order valence-electron chi connectivity index (χ3n) is 5.84. The molecule has 3 heterocycles. The minimum absolute atomic E-state index is 0.116. The Balaban J connectivity index is 1.56. The molecule has 32 heavy (non-hydrogen) atoms. The standard InChI is InChI=1S/C24H28N6O2/c1-28(2)10-9-25-30-22-6-4-3-5-17(22)15-19(24(30)31)23-26-20-8-7-18(16-21(20)27-23)29-11-13-32-14-12-29/h3-8,15-16,25H,9-14H2,1-2H3,(H,26,27). The van der Waals surface area contributed by atoms with Crippen LogP contribution in [0.25, 0.3) is 33.3 Å². The third kappa shape index (κ3) is 3.94. The lowest BCUT2D eigenvalue weighted by Crippen LogP contribution is -2.36. The normalized spacial score (nSPS) is 14.5. The fourth-order valence-corrected chi connectivity index (χ4v) is 4.12.